The minimum Gasteiger partial charge on any atom is -0.491 e. The Bertz CT molecular complexity index is 774. The number of ether oxygens (including phenoxy) is 1. The minimum atomic E-state index is -4.61. The zero-order chi connectivity index (χ0) is 18.6. The second-order valence-electron chi connectivity index (χ2n) is 5.14. The van der Waals surface area contributed by atoms with Gasteiger partial charge in [-0.2, -0.15) is 13.2 Å². The van der Waals surface area contributed by atoms with Gasteiger partial charge in [-0.05, 0) is 42.8 Å². The van der Waals surface area contributed by atoms with Crippen LogP contribution in [0.4, 0.5) is 27.6 Å². The molecular formula is C17H14F5NO2. The van der Waals surface area contributed by atoms with Crippen molar-refractivity contribution in [3.8, 4) is 5.75 Å². The molecule has 0 aromatic heterocycles. The van der Waals surface area contributed by atoms with Crippen LogP contribution >= 0.6 is 0 Å². The maximum absolute atomic E-state index is 13.2. The Kier molecular flexibility index (Phi) is 5.61. The van der Waals surface area contributed by atoms with Crippen molar-refractivity contribution in [1.82, 2.24) is 0 Å². The summed E-state index contributed by atoms with van der Waals surface area (Å²) < 4.78 is 70.1. The standard InChI is InChI=1S/C17H14F5NO2/c1-2-7-25-15-6-4-11(17(20,21)22)9-14(15)23-16(24)10-3-5-12(18)13(19)8-10/h3-6,8-9H,2,7H2,1H3,(H,23,24). The average molecular weight is 359 g/mol. The highest BCUT2D eigenvalue weighted by Crippen LogP contribution is 2.35. The third kappa shape index (κ3) is 4.68. The summed E-state index contributed by atoms with van der Waals surface area (Å²) in [6.07, 6.45) is -4.00. The normalized spacial score (nSPS) is 11.3. The second-order valence-corrected chi connectivity index (χ2v) is 5.14. The lowest BCUT2D eigenvalue weighted by atomic mass is 10.1. The molecule has 0 aliphatic heterocycles. The zero-order valence-electron chi connectivity index (χ0n) is 13.1. The van der Waals surface area contributed by atoms with E-state index < -0.39 is 29.3 Å². The topological polar surface area (TPSA) is 38.3 Å². The number of amides is 1. The van der Waals surface area contributed by atoms with Crippen LogP contribution in [-0.2, 0) is 6.18 Å². The van der Waals surface area contributed by atoms with Gasteiger partial charge in [-0.15, -0.1) is 0 Å². The van der Waals surface area contributed by atoms with E-state index in [2.05, 4.69) is 5.32 Å². The molecule has 0 aliphatic rings. The number of benzene rings is 2. The average Bonchev–Trinajstić information content (AvgIpc) is 2.55. The fourth-order valence-electron chi connectivity index (χ4n) is 1.97. The smallest absolute Gasteiger partial charge is 0.416 e. The van der Waals surface area contributed by atoms with Crippen LogP contribution in [-0.4, -0.2) is 12.5 Å². The van der Waals surface area contributed by atoms with Gasteiger partial charge >= 0.3 is 6.18 Å². The highest BCUT2D eigenvalue weighted by Gasteiger charge is 2.31. The Morgan fingerprint density at radius 3 is 2.40 bits per heavy atom. The van der Waals surface area contributed by atoms with Gasteiger partial charge in [0.1, 0.15) is 5.75 Å². The van der Waals surface area contributed by atoms with E-state index in [1.807, 2.05) is 6.92 Å². The number of halogens is 5. The molecule has 0 bridgehead atoms. The van der Waals surface area contributed by atoms with E-state index in [0.29, 0.717) is 12.5 Å². The van der Waals surface area contributed by atoms with E-state index in [0.717, 1.165) is 30.3 Å². The number of hydrogen-bond donors (Lipinski definition) is 1. The van der Waals surface area contributed by atoms with Crippen LogP contribution in [0.15, 0.2) is 36.4 Å². The van der Waals surface area contributed by atoms with Crippen molar-refractivity contribution in [2.45, 2.75) is 19.5 Å². The summed E-state index contributed by atoms with van der Waals surface area (Å²) in [5, 5.41) is 2.24. The number of anilines is 1. The van der Waals surface area contributed by atoms with Gasteiger partial charge in [0.15, 0.2) is 11.6 Å². The minimum absolute atomic E-state index is 0.0470. The van der Waals surface area contributed by atoms with Crippen LogP contribution in [0.25, 0.3) is 0 Å². The van der Waals surface area contributed by atoms with Crippen molar-refractivity contribution in [2.75, 3.05) is 11.9 Å². The summed E-state index contributed by atoms with van der Waals surface area (Å²) >= 11 is 0. The van der Waals surface area contributed by atoms with E-state index in [9.17, 15) is 26.7 Å². The predicted octanol–water partition coefficient (Wildman–Crippen LogP) is 5.02. The van der Waals surface area contributed by atoms with E-state index in [-0.39, 0.29) is 23.6 Å². The molecule has 0 fully saturated rings. The molecule has 2 rings (SSSR count). The molecule has 1 N–H and O–H groups in total. The quantitative estimate of drug-likeness (QED) is 0.761. The van der Waals surface area contributed by atoms with Gasteiger partial charge in [0, 0.05) is 5.56 Å². The summed E-state index contributed by atoms with van der Waals surface area (Å²) in [5.74, 6) is -3.22. The largest absolute Gasteiger partial charge is 0.491 e. The summed E-state index contributed by atoms with van der Waals surface area (Å²) in [6, 6.07) is 5.09. The van der Waals surface area contributed by atoms with Crippen molar-refractivity contribution < 1.29 is 31.5 Å². The second kappa shape index (κ2) is 7.50. The number of carbonyl (C=O) groups is 1. The molecule has 0 radical (unpaired) electrons. The van der Waals surface area contributed by atoms with Gasteiger partial charge in [0.25, 0.3) is 5.91 Å². The van der Waals surface area contributed by atoms with Crippen molar-refractivity contribution in [1.29, 1.82) is 0 Å². The van der Waals surface area contributed by atoms with Crippen LogP contribution in [0.2, 0.25) is 0 Å². The molecule has 134 valence electrons. The van der Waals surface area contributed by atoms with E-state index in [1.54, 1.807) is 0 Å². The lowest BCUT2D eigenvalue weighted by Gasteiger charge is -2.15. The predicted molar refractivity (Wildman–Crippen MR) is 81.5 cm³/mol. The maximum Gasteiger partial charge on any atom is 0.416 e. The molecule has 0 spiro atoms. The Hall–Kier alpha value is -2.64. The molecule has 0 saturated heterocycles. The zero-order valence-corrected chi connectivity index (χ0v) is 13.1. The van der Waals surface area contributed by atoms with Crippen molar-refractivity contribution in [2.24, 2.45) is 0 Å². The third-order valence-electron chi connectivity index (χ3n) is 3.20. The summed E-state index contributed by atoms with van der Waals surface area (Å²) in [5.41, 5.74) is -1.42. The lowest BCUT2D eigenvalue weighted by molar-refractivity contribution is -0.137. The van der Waals surface area contributed by atoms with Gasteiger partial charge in [-0.3, -0.25) is 4.79 Å². The van der Waals surface area contributed by atoms with Crippen LogP contribution in [0.5, 0.6) is 5.75 Å². The molecule has 2 aromatic rings. The first-order valence-electron chi connectivity index (χ1n) is 7.33. The maximum atomic E-state index is 13.2. The molecule has 3 nitrogen and oxygen atoms in total. The summed E-state index contributed by atoms with van der Waals surface area (Å²) in [6.45, 7) is 2.04. The molecule has 1 amide bonds. The van der Waals surface area contributed by atoms with Gasteiger partial charge < -0.3 is 10.1 Å². The van der Waals surface area contributed by atoms with Crippen molar-refractivity contribution in [3.63, 3.8) is 0 Å². The molecule has 2 aromatic carbocycles. The van der Waals surface area contributed by atoms with Gasteiger partial charge in [0.2, 0.25) is 0 Å². The van der Waals surface area contributed by atoms with Crippen molar-refractivity contribution >= 4 is 11.6 Å². The van der Waals surface area contributed by atoms with E-state index in [1.165, 1.54) is 0 Å². The Labute approximate surface area is 140 Å². The lowest BCUT2D eigenvalue weighted by Crippen LogP contribution is -2.15. The molecule has 0 heterocycles. The Morgan fingerprint density at radius 1 is 1.08 bits per heavy atom. The van der Waals surface area contributed by atoms with Crippen molar-refractivity contribution in [3.05, 3.63) is 59.2 Å². The number of alkyl halides is 3. The fourth-order valence-corrected chi connectivity index (χ4v) is 1.97. The highest BCUT2D eigenvalue weighted by atomic mass is 19.4. The SMILES string of the molecule is CCCOc1ccc(C(F)(F)F)cc1NC(=O)c1ccc(F)c(F)c1. The molecule has 8 heteroatoms. The van der Waals surface area contributed by atoms with Gasteiger partial charge in [-0.25, -0.2) is 8.78 Å². The number of hydrogen-bond acceptors (Lipinski definition) is 2. The molecular weight excluding hydrogens is 345 g/mol. The highest BCUT2D eigenvalue weighted by molar-refractivity contribution is 6.05. The third-order valence-corrected chi connectivity index (χ3v) is 3.20. The molecule has 0 saturated carbocycles. The summed E-state index contributed by atoms with van der Waals surface area (Å²) in [4.78, 5) is 12.1. The number of carbonyl (C=O) groups excluding carboxylic acids is 1. The summed E-state index contributed by atoms with van der Waals surface area (Å²) in [7, 11) is 0. The van der Waals surface area contributed by atoms with Crippen LogP contribution < -0.4 is 10.1 Å². The van der Waals surface area contributed by atoms with Crippen LogP contribution in [0.3, 0.4) is 0 Å². The van der Waals surface area contributed by atoms with Gasteiger partial charge in [0.05, 0.1) is 17.9 Å². The Morgan fingerprint density at radius 2 is 1.80 bits per heavy atom. The molecule has 0 atom stereocenters. The first-order chi connectivity index (χ1) is 11.7. The number of rotatable bonds is 5. The van der Waals surface area contributed by atoms with Gasteiger partial charge in [-0.1, -0.05) is 6.92 Å². The number of nitrogens with one attached hydrogen (secondary N) is 1. The molecule has 0 aliphatic carbocycles. The van der Waals surface area contributed by atoms with Crippen LogP contribution in [0.1, 0.15) is 29.3 Å². The fraction of sp³-hybridized carbons (Fsp3) is 0.235. The van der Waals surface area contributed by atoms with E-state index >= 15 is 0 Å². The molecule has 0 unspecified atom stereocenters. The Balaban J connectivity index is 2.34. The van der Waals surface area contributed by atoms with Crippen LogP contribution in [0, 0.1) is 11.6 Å². The first-order valence-corrected chi connectivity index (χ1v) is 7.33. The molecule has 25 heavy (non-hydrogen) atoms. The first kappa shape index (κ1) is 18.7. The van der Waals surface area contributed by atoms with E-state index in [4.69, 9.17) is 4.74 Å². The monoisotopic (exact) mass is 359 g/mol.